The van der Waals surface area contributed by atoms with Crippen LogP contribution >= 0.6 is 11.8 Å². The van der Waals surface area contributed by atoms with Crippen molar-refractivity contribution in [1.82, 2.24) is 5.01 Å². The molecule has 1 atom stereocenters. The third kappa shape index (κ3) is 2.76. The van der Waals surface area contributed by atoms with Crippen molar-refractivity contribution in [3.05, 3.63) is 71.1 Å². The number of aryl methyl sites for hydroxylation is 1. The van der Waals surface area contributed by atoms with Crippen molar-refractivity contribution in [3.8, 4) is 0 Å². The number of amides is 1. The number of hydrogen-bond acceptors (Lipinski definition) is 3. The summed E-state index contributed by atoms with van der Waals surface area (Å²) in [6.45, 7) is 1.56. The lowest BCUT2D eigenvalue weighted by Crippen LogP contribution is -2.42. The summed E-state index contributed by atoms with van der Waals surface area (Å²) in [5, 5.41) is 7.07. The molecule has 0 bridgehead atoms. The first kappa shape index (κ1) is 16.3. The van der Waals surface area contributed by atoms with Crippen molar-refractivity contribution in [3.63, 3.8) is 0 Å². The van der Waals surface area contributed by atoms with Crippen LogP contribution in [0.2, 0.25) is 0 Å². The molecule has 4 rings (SSSR count). The van der Waals surface area contributed by atoms with Gasteiger partial charge < -0.3 is 0 Å². The van der Waals surface area contributed by atoms with Crippen molar-refractivity contribution in [2.45, 2.75) is 37.5 Å². The minimum Gasteiger partial charge on any atom is -0.273 e. The van der Waals surface area contributed by atoms with Crippen LogP contribution in [0, 0.1) is 0 Å². The van der Waals surface area contributed by atoms with Gasteiger partial charge in [0.05, 0.1) is 0 Å². The van der Waals surface area contributed by atoms with Crippen LogP contribution in [0.25, 0.3) is 0 Å². The van der Waals surface area contributed by atoms with Gasteiger partial charge in [0.1, 0.15) is 15.7 Å². The minimum absolute atomic E-state index is 0.0679. The number of benzene rings is 1. The molecule has 1 aromatic rings. The largest absolute Gasteiger partial charge is 0.273 e. The second-order valence-electron chi connectivity index (χ2n) is 6.47. The maximum Gasteiger partial charge on any atom is 0.241 e. The molecule has 0 saturated carbocycles. The Bertz CT molecular complexity index is 855. The van der Waals surface area contributed by atoms with E-state index in [1.54, 1.807) is 29.8 Å². The Hall–Kier alpha value is -2.14. The zero-order valence-electron chi connectivity index (χ0n) is 14.0. The quantitative estimate of drug-likeness (QED) is 0.724. The Labute approximate surface area is 151 Å². The first-order valence-corrected chi connectivity index (χ1v) is 9.32. The van der Waals surface area contributed by atoms with Gasteiger partial charge in [-0.05, 0) is 36.5 Å². The molecule has 1 aromatic carbocycles. The van der Waals surface area contributed by atoms with Crippen LogP contribution in [0.4, 0.5) is 4.39 Å². The van der Waals surface area contributed by atoms with Crippen LogP contribution < -0.4 is 0 Å². The molecular formula is C20H19FN2OS. The maximum atomic E-state index is 13.5. The molecule has 1 amide bonds. The van der Waals surface area contributed by atoms with E-state index in [1.807, 2.05) is 24.3 Å². The van der Waals surface area contributed by atoms with Crippen LogP contribution in [0.3, 0.4) is 0 Å². The van der Waals surface area contributed by atoms with E-state index >= 15 is 0 Å². The van der Waals surface area contributed by atoms with E-state index < -0.39 is 4.87 Å². The average molecular weight is 354 g/mol. The van der Waals surface area contributed by atoms with Crippen LogP contribution in [0.15, 0.2) is 65.1 Å². The number of fused-ring (bicyclic) bond motifs is 2. The Morgan fingerprint density at radius 2 is 2.20 bits per heavy atom. The number of allylic oxidation sites excluding steroid dienone is 5. The number of halogens is 1. The van der Waals surface area contributed by atoms with E-state index in [1.165, 1.54) is 17.2 Å². The van der Waals surface area contributed by atoms with E-state index in [-0.39, 0.29) is 18.2 Å². The lowest BCUT2D eigenvalue weighted by Gasteiger charge is -2.39. The van der Waals surface area contributed by atoms with E-state index in [0.29, 0.717) is 0 Å². The van der Waals surface area contributed by atoms with Gasteiger partial charge in [-0.15, -0.1) is 0 Å². The highest BCUT2D eigenvalue weighted by atomic mass is 32.2. The van der Waals surface area contributed by atoms with Crippen LogP contribution in [-0.4, -0.2) is 16.0 Å². The van der Waals surface area contributed by atoms with E-state index in [2.05, 4.69) is 17.2 Å². The summed E-state index contributed by atoms with van der Waals surface area (Å²) in [7, 11) is 0. The number of hydrogen-bond donors (Lipinski definition) is 0. The number of nitrogens with zero attached hydrogens (tertiary/aromatic N) is 2. The van der Waals surface area contributed by atoms with Crippen LogP contribution in [0.5, 0.6) is 0 Å². The summed E-state index contributed by atoms with van der Waals surface area (Å²) in [5.41, 5.74) is 3.32. The normalized spacial score (nSPS) is 25.2. The molecule has 3 nitrogen and oxygen atoms in total. The Morgan fingerprint density at radius 3 is 3.04 bits per heavy atom. The number of thioether (sulfide) groups is 1. The SMILES string of the molecule is CC(=O)N1N=C(C2=CCC(F)=CC=C2)SC12CCCc1ccccc12. The van der Waals surface area contributed by atoms with Gasteiger partial charge in [-0.25, -0.2) is 9.40 Å². The second-order valence-corrected chi connectivity index (χ2v) is 7.74. The second kappa shape index (κ2) is 6.30. The van der Waals surface area contributed by atoms with Gasteiger partial charge in [-0.1, -0.05) is 54.3 Å². The topological polar surface area (TPSA) is 32.7 Å². The third-order valence-corrected chi connectivity index (χ3v) is 6.26. The molecule has 0 radical (unpaired) electrons. The average Bonchev–Trinajstić information content (AvgIpc) is 2.84. The Kier molecular flexibility index (Phi) is 4.12. The fraction of sp³-hybridized carbons (Fsp3) is 0.300. The first-order valence-electron chi connectivity index (χ1n) is 8.50. The predicted molar refractivity (Wildman–Crippen MR) is 99.6 cm³/mol. The predicted octanol–water partition coefficient (Wildman–Crippen LogP) is 4.82. The molecule has 5 heteroatoms. The standard InChI is InChI=1S/C20H19FN2OS/c1-14(24)23-20(13-5-8-15-6-2-3-10-18(15)20)25-19(22-23)16-7-4-9-17(21)12-11-16/h2-4,6-7,9-11H,5,8,12-13H2,1H3. The minimum atomic E-state index is -0.483. The van der Waals surface area contributed by atoms with E-state index in [9.17, 15) is 9.18 Å². The summed E-state index contributed by atoms with van der Waals surface area (Å²) in [5.74, 6) is -0.238. The van der Waals surface area contributed by atoms with E-state index in [4.69, 9.17) is 0 Å². The number of carbonyl (C=O) groups is 1. The monoisotopic (exact) mass is 354 g/mol. The molecule has 0 saturated heterocycles. The summed E-state index contributed by atoms with van der Waals surface area (Å²) < 4.78 is 13.5. The van der Waals surface area contributed by atoms with Crippen molar-refractivity contribution in [1.29, 1.82) is 0 Å². The van der Waals surface area contributed by atoms with Gasteiger partial charge in [-0.3, -0.25) is 4.79 Å². The fourth-order valence-corrected chi connectivity index (χ4v) is 5.22. The smallest absolute Gasteiger partial charge is 0.241 e. The van der Waals surface area contributed by atoms with Gasteiger partial charge in [0.2, 0.25) is 5.91 Å². The highest BCUT2D eigenvalue weighted by molar-refractivity contribution is 8.15. The molecule has 1 spiro atoms. The molecule has 0 aromatic heterocycles. The van der Waals surface area contributed by atoms with Gasteiger partial charge in [0.25, 0.3) is 0 Å². The molecule has 2 aliphatic carbocycles. The number of carbonyl (C=O) groups excluding carboxylic acids is 1. The number of rotatable bonds is 1. The van der Waals surface area contributed by atoms with Gasteiger partial charge in [0, 0.05) is 18.9 Å². The molecule has 128 valence electrons. The molecular weight excluding hydrogens is 335 g/mol. The van der Waals surface area contributed by atoms with Gasteiger partial charge in [0.15, 0.2) is 0 Å². The van der Waals surface area contributed by atoms with Crippen molar-refractivity contribution in [2.24, 2.45) is 5.10 Å². The summed E-state index contributed by atoms with van der Waals surface area (Å²) >= 11 is 1.62. The molecule has 25 heavy (non-hydrogen) atoms. The molecule has 3 aliphatic rings. The van der Waals surface area contributed by atoms with E-state index in [0.717, 1.165) is 29.9 Å². The Morgan fingerprint density at radius 1 is 1.36 bits per heavy atom. The molecule has 1 heterocycles. The van der Waals surface area contributed by atoms with Gasteiger partial charge in [-0.2, -0.15) is 5.10 Å². The zero-order chi connectivity index (χ0) is 17.4. The summed E-state index contributed by atoms with van der Waals surface area (Å²) in [6.07, 6.45) is 10.0. The zero-order valence-corrected chi connectivity index (χ0v) is 14.9. The van der Waals surface area contributed by atoms with Crippen molar-refractivity contribution < 1.29 is 9.18 Å². The lowest BCUT2D eigenvalue weighted by atomic mass is 9.86. The lowest BCUT2D eigenvalue weighted by molar-refractivity contribution is -0.132. The number of hydrazone groups is 1. The fourth-order valence-electron chi connectivity index (χ4n) is 3.69. The highest BCUT2D eigenvalue weighted by Crippen LogP contribution is 2.53. The maximum absolute atomic E-state index is 13.5. The first-order chi connectivity index (χ1) is 12.1. The molecule has 1 aliphatic heterocycles. The molecule has 1 unspecified atom stereocenters. The highest BCUT2D eigenvalue weighted by Gasteiger charge is 2.49. The molecule has 0 N–H and O–H groups in total. The summed E-state index contributed by atoms with van der Waals surface area (Å²) in [6, 6.07) is 8.31. The third-order valence-electron chi connectivity index (χ3n) is 4.81. The van der Waals surface area contributed by atoms with Gasteiger partial charge >= 0.3 is 0 Å². The van der Waals surface area contributed by atoms with Crippen LogP contribution in [-0.2, 0) is 16.1 Å². The van der Waals surface area contributed by atoms with Crippen molar-refractivity contribution >= 4 is 22.7 Å². The Balaban J connectivity index is 1.76. The summed E-state index contributed by atoms with van der Waals surface area (Å²) in [4.78, 5) is 11.9. The molecule has 0 fully saturated rings. The van der Waals surface area contributed by atoms with Crippen molar-refractivity contribution in [2.75, 3.05) is 0 Å². The van der Waals surface area contributed by atoms with Crippen LogP contribution in [0.1, 0.15) is 37.3 Å².